The Kier molecular flexibility index (Phi) is 10.5. The minimum atomic E-state index is -0.871. The van der Waals surface area contributed by atoms with E-state index in [4.69, 9.17) is 9.47 Å². The van der Waals surface area contributed by atoms with Crippen molar-refractivity contribution in [1.82, 2.24) is 20.4 Å². The van der Waals surface area contributed by atoms with Gasteiger partial charge in [0.05, 0.1) is 13.2 Å². The van der Waals surface area contributed by atoms with Gasteiger partial charge in [0.15, 0.2) is 0 Å². The van der Waals surface area contributed by atoms with E-state index in [1.54, 1.807) is 4.90 Å². The summed E-state index contributed by atoms with van der Waals surface area (Å²) < 4.78 is 10.1. The molecule has 10 heteroatoms. The number of esters is 1. The highest BCUT2D eigenvalue weighted by Gasteiger charge is 2.43. The zero-order valence-corrected chi connectivity index (χ0v) is 23.0. The number of carbonyl (C=O) groups excluding carboxylic acids is 4. The lowest BCUT2D eigenvalue weighted by atomic mass is 10.0. The van der Waals surface area contributed by atoms with Gasteiger partial charge >= 0.3 is 12.1 Å². The number of hydrogen-bond donors (Lipinski definition) is 2. The van der Waals surface area contributed by atoms with Crippen LogP contribution in [0.15, 0.2) is 30.3 Å². The van der Waals surface area contributed by atoms with E-state index in [-0.39, 0.29) is 43.0 Å². The molecule has 1 aromatic rings. The quantitative estimate of drug-likeness (QED) is 0.353. The van der Waals surface area contributed by atoms with Gasteiger partial charge in [0.2, 0.25) is 11.8 Å². The number of methoxy groups -OCH3 is 1. The van der Waals surface area contributed by atoms with Crippen molar-refractivity contribution < 1.29 is 28.7 Å². The van der Waals surface area contributed by atoms with Gasteiger partial charge in [-0.05, 0) is 71.4 Å². The number of benzene rings is 1. The van der Waals surface area contributed by atoms with Crippen LogP contribution in [0.4, 0.5) is 4.79 Å². The van der Waals surface area contributed by atoms with E-state index in [2.05, 4.69) is 36.3 Å². The molecule has 0 unspecified atom stereocenters. The molecule has 3 atom stereocenters. The van der Waals surface area contributed by atoms with Crippen LogP contribution in [-0.4, -0.2) is 84.1 Å². The average Bonchev–Trinajstić information content (AvgIpc) is 3.59. The smallest absolute Gasteiger partial charge is 0.407 e. The third-order valence-corrected chi connectivity index (χ3v) is 7.19. The number of hydrogen-bond acceptors (Lipinski definition) is 7. The minimum absolute atomic E-state index is 0.0112. The first-order chi connectivity index (χ1) is 18.1. The zero-order valence-electron chi connectivity index (χ0n) is 23.0. The van der Waals surface area contributed by atoms with Gasteiger partial charge in [0, 0.05) is 18.6 Å². The Labute approximate surface area is 225 Å². The predicted octanol–water partition coefficient (Wildman–Crippen LogP) is 2.60. The first kappa shape index (κ1) is 29.4. The molecule has 0 aromatic heterocycles. The van der Waals surface area contributed by atoms with Crippen molar-refractivity contribution in [3.8, 4) is 0 Å². The van der Waals surface area contributed by atoms with Crippen molar-refractivity contribution in [3.63, 3.8) is 0 Å². The molecular formula is C28H42N4O6. The maximum absolute atomic E-state index is 13.5. The number of nitrogens with zero attached hydrogens (tertiary/aromatic N) is 2. The molecule has 2 aliphatic rings. The van der Waals surface area contributed by atoms with Crippen LogP contribution in [0.5, 0.6) is 0 Å². The van der Waals surface area contributed by atoms with E-state index >= 15 is 0 Å². The second-order valence-corrected chi connectivity index (χ2v) is 10.9. The number of rotatable bonds is 10. The predicted molar refractivity (Wildman–Crippen MR) is 142 cm³/mol. The van der Waals surface area contributed by atoms with Gasteiger partial charge in [-0.15, -0.1) is 0 Å². The van der Waals surface area contributed by atoms with Crippen molar-refractivity contribution in [1.29, 1.82) is 0 Å². The molecule has 0 bridgehead atoms. The summed E-state index contributed by atoms with van der Waals surface area (Å²) in [5.41, 5.74) is 0.751. The molecule has 0 aliphatic carbocycles. The molecule has 2 N–H and O–H groups in total. The number of amides is 3. The molecule has 2 aliphatic heterocycles. The Morgan fingerprint density at radius 3 is 2.39 bits per heavy atom. The Morgan fingerprint density at radius 1 is 1.03 bits per heavy atom. The zero-order chi connectivity index (χ0) is 27.7. The van der Waals surface area contributed by atoms with Crippen LogP contribution < -0.4 is 10.6 Å². The molecule has 10 nitrogen and oxygen atoms in total. The maximum Gasteiger partial charge on any atom is 0.407 e. The lowest BCUT2D eigenvalue weighted by molar-refractivity contribution is -0.147. The number of ether oxygens (including phenoxy) is 2. The lowest BCUT2D eigenvalue weighted by Gasteiger charge is -2.38. The van der Waals surface area contributed by atoms with Crippen LogP contribution in [0.1, 0.15) is 64.9 Å². The fraction of sp³-hybridized carbons (Fsp3) is 0.643. The number of nitrogens with one attached hydrogen (secondary N) is 2. The fourth-order valence-electron chi connectivity index (χ4n) is 5.25. The highest BCUT2D eigenvalue weighted by molar-refractivity contribution is 5.92. The molecule has 0 spiro atoms. The van der Waals surface area contributed by atoms with E-state index < -0.39 is 24.1 Å². The highest BCUT2D eigenvalue weighted by Crippen LogP contribution is 2.30. The van der Waals surface area contributed by atoms with Gasteiger partial charge in [-0.25, -0.2) is 9.59 Å². The van der Waals surface area contributed by atoms with E-state index in [9.17, 15) is 19.2 Å². The van der Waals surface area contributed by atoms with Gasteiger partial charge in [-0.3, -0.25) is 14.5 Å². The molecule has 38 heavy (non-hydrogen) atoms. The van der Waals surface area contributed by atoms with Crippen molar-refractivity contribution in [2.75, 3.05) is 26.7 Å². The maximum atomic E-state index is 13.5. The highest BCUT2D eigenvalue weighted by atomic mass is 16.5. The number of likely N-dealkylation sites (tertiary alicyclic amines) is 2. The van der Waals surface area contributed by atoms with Crippen molar-refractivity contribution in [2.45, 2.75) is 89.6 Å². The molecule has 0 saturated carbocycles. The fourth-order valence-corrected chi connectivity index (χ4v) is 5.25. The van der Waals surface area contributed by atoms with Crippen LogP contribution in [0.2, 0.25) is 0 Å². The topological polar surface area (TPSA) is 117 Å². The standard InChI is InChI=1S/C28H42N4O6/c1-28(2,3)32-18-10-15-23(32)25(34)31-17-9-14-22(31)24(33)30-21(26(35)37-4)13-8-16-29-27(36)38-19-20-11-6-5-7-12-20/h5-7,11-12,21-23H,8-10,13-19H2,1-4H3,(H,29,36)(H,30,33)/t21-,22-,23-/m0/s1. The lowest BCUT2D eigenvalue weighted by Crippen LogP contribution is -2.56. The van der Waals surface area contributed by atoms with E-state index in [1.807, 2.05) is 30.3 Å². The largest absolute Gasteiger partial charge is 0.467 e. The van der Waals surface area contributed by atoms with Crippen molar-refractivity contribution in [2.24, 2.45) is 0 Å². The number of alkyl carbamates (subject to hydrolysis) is 1. The third-order valence-electron chi connectivity index (χ3n) is 7.19. The van der Waals surface area contributed by atoms with Gasteiger partial charge in [0.25, 0.3) is 0 Å². The Morgan fingerprint density at radius 2 is 1.71 bits per heavy atom. The summed E-state index contributed by atoms with van der Waals surface area (Å²) in [7, 11) is 1.27. The van der Waals surface area contributed by atoms with E-state index in [1.165, 1.54) is 7.11 Å². The first-order valence-electron chi connectivity index (χ1n) is 13.5. The summed E-state index contributed by atoms with van der Waals surface area (Å²) in [6.07, 6.45) is 3.19. The summed E-state index contributed by atoms with van der Waals surface area (Å²) in [6, 6.07) is 7.65. The van der Waals surface area contributed by atoms with Crippen LogP contribution in [-0.2, 0) is 30.5 Å². The molecule has 3 rings (SSSR count). The molecule has 1 aromatic carbocycles. The molecule has 210 valence electrons. The second kappa shape index (κ2) is 13.6. The van der Waals surface area contributed by atoms with Gasteiger partial charge < -0.3 is 25.0 Å². The summed E-state index contributed by atoms with van der Waals surface area (Å²) >= 11 is 0. The molecule has 3 amide bonds. The SMILES string of the molecule is COC(=O)[C@H](CCCNC(=O)OCc1ccccc1)NC(=O)[C@@H]1CCCN1C(=O)[C@@H]1CCCN1C(C)(C)C. The molecule has 2 heterocycles. The first-order valence-corrected chi connectivity index (χ1v) is 13.5. The Hall–Kier alpha value is -3.14. The van der Waals surface area contributed by atoms with Gasteiger partial charge in [-0.1, -0.05) is 30.3 Å². The third kappa shape index (κ3) is 7.93. The summed E-state index contributed by atoms with van der Waals surface area (Å²) in [5.74, 6) is -0.916. The van der Waals surface area contributed by atoms with Crippen molar-refractivity contribution >= 4 is 23.9 Å². The molecular weight excluding hydrogens is 488 g/mol. The second-order valence-electron chi connectivity index (χ2n) is 10.9. The Bertz CT molecular complexity index is 964. The molecule has 0 radical (unpaired) electrons. The van der Waals surface area contributed by atoms with Crippen LogP contribution in [0, 0.1) is 0 Å². The van der Waals surface area contributed by atoms with Crippen LogP contribution in [0.3, 0.4) is 0 Å². The average molecular weight is 531 g/mol. The van der Waals surface area contributed by atoms with Crippen LogP contribution >= 0.6 is 0 Å². The Balaban J connectivity index is 1.49. The summed E-state index contributed by atoms with van der Waals surface area (Å²) in [6.45, 7) is 8.14. The normalized spacial score (nSPS) is 20.6. The van der Waals surface area contributed by atoms with Crippen LogP contribution in [0.25, 0.3) is 0 Å². The molecule has 2 fully saturated rings. The van der Waals surface area contributed by atoms with E-state index in [0.29, 0.717) is 19.4 Å². The minimum Gasteiger partial charge on any atom is -0.467 e. The van der Waals surface area contributed by atoms with Gasteiger partial charge in [0.1, 0.15) is 18.7 Å². The monoisotopic (exact) mass is 530 g/mol. The molecule has 2 saturated heterocycles. The number of carbonyl (C=O) groups is 4. The summed E-state index contributed by atoms with van der Waals surface area (Å²) in [4.78, 5) is 55.0. The summed E-state index contributed by atoms with van der Waals surface area (Å²) in [5, 5.41) is 5.46. The van der Waals surface area contributed by atoms with Gasteiger partial charge in [-0.2, -0.15) is 0 Å². The van der Waals surface area contributed by atoms with E-state index in [0.717, 1.165) is 31.4 Å². The van der Waals surface area contributed by atoms with Crippen molar-refractivity contribution in [3.05, 3.63) is 35.9 Å².